The summed E-state index contributed by atoms with van der Waals surface area (Å²) in [6, 6.07) is 5.83. The third-order valence-corrected chi connectivity index (χ3v) is 3.86. The largest absolute Gasteiger partial charge is 0.323 e. The van der Waals surface area contributed by atoms with Crippen LogP contribution in [0.15, 0.2) is 30.5 Å². The Balaban J connectivity index is 1.81. The first-order chi connectivity index (χ1) is 9.65. The minimum Gasteiger partial charge on any atom is -0.315 e. The Hall–Kier alpha value is -1.77. The highest BCUT2D eigenvalue weighted by atomic mass is 16.2. The van der Waals surface area contributed by atoms with Gasteiger partial charge in [-0.1, -0.05) is 43.0 Å². The van der Waals surface area contributed by atoms with E-state index in [4.69, 9.17) is 0 Å². The van der Waals surface area contributed by atoms with Crippen LogP contribution in [0.1, 0.15) is 43.2 Å². The molecule has 1 aliphatic rings. The van der Waals surface area contributed by atoms with Gasteiger partial charge in [0.1, 0.15) is 0 Å². The van der Waals surface area contributed by atoms with Gasteiger partial charge in [0.15, 0.2) is 0 Å². The Kier molecular flexibility index (Phi) is 5.22. The van der Waals surface area contributed by atoms with Gasteiger partial charge in [-0.25, -0.2) is 4.79 Å². The van der Waals surface area contributed by atoms with Crippen LogP contribution in [-0.4, -0.2) is 6.03 Å². The Morgan fingerprint density at radius 2 is 1.95 bits per heavy atom. The first-order valence-corrected chi connectivity index (χ1v) is 7.46. The number of allylic oxidation sites excluding steroid dienone is 1. The van der Waals surface area contributed by atoms with Crippen molar-refractivity contribution in [2.45, 2.75) is 46.0 Å². The third kappa shape index (κ3) is 4.41. The fraction of sp³-hybridized carbons (Fsp3) is 0.471. The number of anilines is 1. The van der Waals surface area contributed by atoms with Crippen LogP contribution in [0, 0.1) is 19.8 Å². The minimum absolute atomic E-state index is 0.177. The topological polar surface area (TPSA) is 41.1 Å². The van der Waals surface area contributed by atoms with Crippen molar-refractivity contribution >= 4 is 11.7 Å². The Labute approximate surface area is 121 Å². The molecule has 20 heavy (non-hydrogen) atoms. The molecule has 1 fully saturated rings. The van der Waals surface area contributed by atoms with Gasteiger partial charge in [0.05, 0.1) is 0 Å². The Morgan fingerprint density at radius 3 is 2.65 bits per heavy atom. The predicted molar refractivity (Wildman–Crippen MR) is 83.8 cm³/mol. The molecule has 2 amide bonds. The molecule has 0 radical (unpaired) electrons. The van der Waals surface area contributed by atoms with Crippen molar-refractivity contribution in [2.75, 3.05) is 5.32 Å². The molecule has 0 atom stereocenters. The number of carbonyl (C=O) groups is 1. The maximum atomic E-state index is 11.8. The van der Waals surface area contributed by atoms with E-state index in [-0.39, 0.29) is 6.03 Å². The number of aryl methyl sites for hydroxylation is 2. The van der Waals surface area contributed by atoms with Crippen molar-refractivity contribution in [1.29, 1.82) is 0 Å². The third-order valence-electron chi connectivity index (χ3n) is 3.86. The second kappa shape index (κ2) is 7.13. The van der Waals surface area contributed by atoms with E-state index in [1.807, 2.05) is 26.0 Å². The van der Waals surface area contributed by atoms with E-state index in [1.165, 1.54) is 37.7 Å². The number of benzene rings is 1. The molecule has 0 heterocycles. The van der Waals surface area contributed by atoms with Crippen molar-refractivity contribution in [3.05, 3.63) is 41.6 Å². The smallest absolute Gasteiger partial charge is 0.315 e. The number of amides is 2. The molecule has 1 aliphatic carbocycles. The van der Waals surface area contributed by atoms with Crippen molar-refractivity contribution < 1.29 is 4.79 Å². The van der Waals surface area contributed by atoms with Crippen LogP contribution in [0.3, 0.4) is 0 Å². The lowest BCUT2D eigenvalue weighted by Crippen LogP contribution is -2.24. The van der Waals surface area contributed by atoms with Gasteiger partial charge in [-0.2, -0.15) is 0 Å². The zero-order chi connectivity index (χ0) is 14.4. The van der Waals surface area contributed by atoms with Gasteiger partial charge in [0, 0.05) is 11.9 Å². The molecule has 2 rings (SSSR count). The van der Waals surface area contributed by atoms with Gasteiger partial charge in [0.2, 0.25) is 0 Å². The SMILES string of the molecule is Cc1ccc(NC(=O)N/C=C/C2CCCCC2)c(C)c1. The van der Waals surface area contributed by atoms with Crippen LogP contribution >= 0.6 is 0 Å². The number of hydrogen-bond acceptors (Lipinski definition) is 1. The molecular formula is C17H24N2O. The van der Waals surface area contributed by atoms with Crippen LogP contribution in [0.2, 0.25) is 0 Å². The monoisotopic (exact) mass is 272 g/mol. The van der Waals surface area contributed by atoms with Crippen LogP contribution < -0.4 is 10.6 Å². The number of carbonyl (C=O) groups excluding carboxylic acids is 1. The summed E-state index contributed by atoms with van der Waals surface area (Å²) in [7, 11) is 0. The van der Waals surface area contributed by atoms with Crippen LogP contribution in [0.4, 0.5) is 10.5 Å². The average molecular weight is 272 g/mol. The number of nitrogens with one attached hydrogen (secondary N) is 2. The summed E-state index contributed by atoms with van der Waals surface area (Å²) in [5.41, 5.74) is 3.14. The second-order valence-electron chi connectivity index (χ2n) is 5.67. The lowest BCUT2D eigenvalue weighted by atomic mass is 9.89. The van der Waals surface area contributed by atoms with Crippen LogP contribution in [0.25, 0.3) is 0 Å². The Bertz CT molecular complexity index is 488. The molecule has 1 saturated carbocycles. The molecule has 0 aliphatic heterocycles. The summed E-state index contributed by atoms with van der Waals surface area (Å²) >= 11 is 0. The first kappa shape index (κ1) is 14.6. The zero-order valence-corrected chi connectivity index (χ0v) is 12.4. The molecule has 108 valence electrons. The minimum atomic E-state index is -0.177. The molecule has 2 N–H and O–H groups in total. The highest BCUT2D eigenvalue weighted by Gasteiger charge is 2.09. The van der Waals surface area contributed by atoms with Crippen LogP contribution in [-0.2, 0) is 0 Å². The predicted octanol–water partition coefficient (Wildman–Crippen LogP) is 4.52. The van der Waals surface area contributed by atoms with Crippen molar-refractivity contribution in [3.63, 3.8) is 0 Å². The zero-order valence-electron chi connectivity index (χ0n) is 12.4. The highest BCUT2D eigenvalue weighted by molar-refractivity contribution is 5.90. The van der Waals surface area contributed by atoms with E-state index < -0.39 is 0 Å². The molecule has 0 saturated heterocycles. The molecule has 0 spiro atoms. The van der Waals surface area contributed by atoms with E-state index in [0.29, 0.717) is 5.92 Å². The van der Waals surface area contributed by atoms with E-state index in [0.717, 1.165) is 11.3 Å². The van der Waals surface area contributed by atoms with Crippen LogP contribution in [0.5, 0.6) is 0 Å². The summed E-state index contributed by atoms with van der Waals surface area (Å²) in [4.78, 5) is 11.8. The second-order valence-corrected chi connectivity index (χ2v) is 5.67. The van der Waals surface area contributed by atoms with E-state index in [9.17, 15) is 4.79 Å². The molecule has 0 aromatic heterocycles. The normalized spacial score (nSPS) is 16.3. The number of urea groups is 1. The average Bonchev–Trinajstić information content (AvgIpc) is 2.43. The summed E-state index contributed by atoms with van der Waals surface area (Å²) in [6.45, 7) is 4.05. The molecule has 3 heteroatoms. The maximum Gasteiger partial charge on any atom is 0.323 e. The standard InChI is InChI=1S/C17H24N2O/c1-13-8-9-16(14(2)12-13)19-17(20)18-11-10-15-6-4-3-5-7-15/h8-12,15H,3-7H2,1-2H3,(H2,18,19,20)/b11-10+. The van der Waals surface area contributed by atoms with Gasteiger partial charge < -0.3 is 10.6 Å². The summed E-state index contributed by atoms with van der Waals surface area (Å²) in [5, 5.41) is 5.66. The van der Waals surface area contributed by atoms with Gasteiger partial charge in [-0.15, -0.1) is 0 Å². The fourth-order valence-corrected chi connectivity index (χ4v) is 2.70. The van der Waals surface area contributed by atoms with E-state index in [1.54, 1.807) is 6.20 Å². The molecule has 3 nitrogen and oxygen atoms in total. The van der Waals surface area contributed by atoms with Crippen molar-refractivity contribution in [1.82, 2.24) is 5.32 Å². The van der Waals surface area contributed by atoms with Crippen molar-refractivity contribution in [3.8, 4) is 0 Å². The van der Waals surface area contributed by atoms with E-state index >= 15 is 0 Å². The summed E-state index contributed by atoms with van der Waals surface area (Å²) in [6.07, 6.45) is 10.4. The Morgan fingerprint density at radius 1 is 1.20 bits per heavy atom. The molecule has 0 bridgehead atoms. The van der Waals surface area contributed by atoms with Gasteiger partial charge >= 0.3 is 6.03 Å². The molecular weight excluding hydrogens is 248 g/mol. The maximum absolute atomic E-state index is 11.8. The highest BCUT2D eigenvalue weighted by Crippen LogP contribution is 2.24. The van der Waals surface area contributed by atoms with E-state index in [2.05, 4.69) is 22.8 Å². The van der Waals surface area contributed by atoms with Gasteiger partial charge in [-0.3, -0.25) is 0 Å². The van der Waals surface area contributed by atoms with Gasteiger partial charge in [-0.05, 0) is 44.2 Å². The lowest BCUT2D eigenvalue weighted by Gasteiger charge is -2.17. The first-order valence-electron chi connectivity index (χ1n) is 7.46. The van der Waals surface area contributed by atoms with Gasteiger partial charge in [0.25, 0.3) is 0 Å². The summed E-state index contributed by atoms with van der Waals surface area (Å²) in [5.74, 6) is 0.630. The molecule has 1 aromatic carbocycles. The lowest BCUT2D eigenvalue weighted by molar-refractivity contribution is 0.255. The molecule has 0 unspecified atom stereocenters. The number of hydrogen-bond donors (Lipinski definition) is 2. The van der Waals surface area contributed by atoms with Crippen molar-refractivity contribution in [2.24, 2.45) is 5.92 Å². The number of rotatable bonds is 3. The molecule has 1 aromatic rings. The summed E-state index contributed by atoms with van der Waals surface area (Å²) < 4.78 is 0. The quantitative estimate of drug-likeness (QED) is 0.834. The fourth-order valence-electron chi connectivity index (χ4n) is 2.70.